The number of furan rings is 1. The fourth-order valence-corrected chi connectivity index (χ4v) is 10.3. The highest BCUT2D eigenvalue weighted by atomic mass is 16.3. The number of hydrogen-bond acceptors (Lipinski definition) is 4. The van der Waals surface area contributed by atoms with Crippen molar-refractivity contribution < 1.29 is 4.42 Å². The van der Waals surface area contributed by atoms with Crippen LogP contribution in [0.3, 0.4) is 0 Å². The van der Waals surface area contributed by atoms with Gasteiger partial charge in [0.2, 0.25) is 0 Å². The molecule has 14 rings (SSSR count). The van der Waals surface area contributed by atoms with Gasteiger partial charge in [-0.05, 0) is 102 Å². The number of benzene rings is 11. The van der Waals surface area contributed by atoms with Crippen LogP contribution in [0.2, 0.25) is 0 Å². The van der Waals surface area contributed by atoms with Crippen molar-refractivity contribution in [3.8, 4) is 39.9 Å². The van der Waals surface area contributed by atoms with Crippen LogP contribution >= 0.6 is 0 Å². The molecule has 0 aliphatic heterocycles. The highest BCUT2D eigenvalue weighted by Gasteiger charge is 2.26. The summed E-state index contributed by atoms with van der Waals surface area (Å²) in [5.41, 5.74) is 7.34. The maximum atomic E-state index is 7.00. The molecule has 0 aliphatic rings. The lowest BCUT2D eigenvalue weighted by molar-refractivity contribution is 0.666. The Labute approximate surface area is 366 Å². The predicted octanol–water partition coefficient (Wildman–Crippen LogP) is 15.6. The highest BCUT2D eigenvalue weighted by Crippen LogP contribution is 2.44. The molecule has 0 saturated carbocycles. The van der Waals surface area contributed by atoms with E-state index in [1.54, 1.807) is 0 Å². The first-order valence-corrected chi connectivity index (χ1v) is 21.7. The van der Waals surface area contributed by atoms with Crippen LogP contribution in [0, 0.1) is 0 Å². The number of para-hydroxylation sites is 2. The third-order valence-corrected chi connectivity index (χ3v) is 13.2. The molecule has 0 aliphatic carbocycles. The summed E-state index contributed by atoms with van der Waals surface area (Å²) in [4.78, 5) is 16.6. The Morgan fingerprint density at radius 2 is 0.766 bits per heavy atom. The van der Waals surface area contributed by atoms with E-state index in [4.69, 9.17) is 19.4 Å². The van der Waals surface area contributed by atoms with Crippen molar-refractivity contribution in [2.75, 3.05) is 0 Å². The molecule has 296 valence electrons. The Morgan fingerprint density at radius 3 is 1.39 bits per heavy atom. The van der Waals surface area contributed by atoms with E-state index < -0.39 is 0 Å². The minimum atomic E-state index is 0.554. The van der Waals surface area contributed by atoms with E-state index in [0.717, 1.165) is 104 Å². The minimum Gasteiger partial charge on any atom is -0.454 e. The van der Waals surface area contributed by atoms with Crippen molar-refractivity contribution in [2.24, 2.45) is 0 Å². The van der Waals surface area contributed by atoms with Gasteiger partial charge in [0, 0.05) is 38.2 Å². The summed E-state index contributed by atoms with van der Waals surface area (Å²) in [6, 6.07) is 73.3. The number of rotatable bonds is 4. The Bertz CT molecular complexity index is 4140. The lowest BCUT2D eigenvalue weighted by Crippen LogP contribution is -2.04. The van der Waals surface area contributed by atoms with Crippen LogP contribution in [0.4, 0.5) is 0 Å². The Balaban J connectivity index is 1.15. The van der Waals surface area contributed by atoms with E-state index in [1.165, 1.54) is 16.2 Å². The molecular weight excluding hydrogens is 781 g/mol. The summed E-state index contributed by atoms with van der Waals surface area (Å²) in [5, 5.41) is 15.8. The first-order chi connectivity index (χ1) is 31.7. The summed E-state index contributed by atoms with van der Waals surface area (Å²) >= 11 is 0. The summed E-state index contributed by atoms with van der Waals surface area (Å²) < 4.78 is 9.38. The van der Waals surface area contributed by atoms with Crippen molar-refractivity contribution in [1.29, 1.82) is 0 Å². The minimum absolute atomic E-state index is 0.554. The van der Waals surface area contributed by atoms with Gasteiger partial charge in [0.25, 0.3) is 0 Å². The van der Waals surface area contributed by atoms with Crippen LogP contribution in [-0.4, -0.2) is 19.5 Å². The molecular formula is C59H34N4O. The third-order valence-electron chi connectivity index (χ3n) is 13.2. The monoisotopic (exact) mass is 814 g/mol. The van der Waals surface area contributed by atoms with E-state index in [9.17, 15) is 0 Å². The van der Waals surface area contributed by atoms with Crippen LogP contribution in [0.5, 0.6) is 0 Å². The second-order valence-corrected chi connectivity index (χ2v) is 16.7. The van der Waals surface area contributed by atoms with Crippen LogP contribution in [0.15, 0.2) is 211 Å². The molecule has 0 unspecified atom stereocenters. The van der Waals surface area contributed by atoms with Crippen molar-refractivity contribution in [1.82, 2.24) is 19.5 Å². The molecule has 5 heteroatoms. The lowest BCUT2D eigenvalue weighted by Gasteiger charge is -2.17. The Hall–Kier alpha value is -8.67. The van der Waals surface area contributed by atoms with Gasteiger partial charge in [0.1, 0.15) is 11.3 Å². The normalized spacial score (nSPS) is 12.1. The quantitative estimate of drug-likeness (QED) is 0.166. The second-order valence-electron chi connectivity index (χ2n) is 16.7. The standard InChI is InChI=1S/C59H34N4O/c1-2-16-36-34-53-49(31-35(36)15-1)45-25-11-13-27-52(45)63(53)55-48(30-29-47-46-26-12-14-28-54(46)64-56(47)55)57-60-58(50-32-37-17-3-5-19-39(37)41-21-7-9-23-43(41)50)62-59(61-57)51-33-38-18-4-6-20-40(38)42-22-8-10-24-44(42)51/h1-34H. The van der Waals surface area contributed by atoms with Crippen LogP contribution in [0.1, 0.15) is 0 Å². The molecule has 11 aromatic carbocycles. The van der Waals surface area contributed by atoms with Gasteiger partial charge in [-0.1, -0.05) is 158 Å². The molecule has 3 heterocycles. The summed E-state index contributed by atoms with van der Waals surface area (Å²) in [5.74, 6) is 1.75. The average Bonchev–Trinajstić information content (AvgIpc) is 3.90. The average molecular weight is 815 g/mol. The van der Waals surface area contributed by atoms with Gasteiger partial charge in [-0.2, -0.15) is 0 Å². The summed E-state index contributed by atoms with van der Waals surface area (Å²) in [6.45, 7) is 0. The molecule has 3 aromatic heterocycles. The van der Waals surface area contributed by atoms with Crippen molar-refractivity contribution in [3.63, 3.8) is 0 Å². The van der Waals surface area contributed by atoms with E-state index in [1.807, 2.05) is 12.1 Å². The highest BCUT2D eigenvalue weighted by molar-refractivity contribution is 6.18. The molecule has 0 saturated heterocycles. The van der Waals surface area contributed by atoms with Gasteiger partial charge >= 0.3 is 0 Å². The smallest absolute Gasteiger partial charge is 0.166 e. The molecule has 5 nitrogen and oxygen atoms in total. The predicted molar refractivity (Wildman–Crippen MR) is 265 cm³/mol. The first kappa shape index (κ1) is 35.0. The zero-order valence-electron chi connectivity index (χ0n) is 34.3. The maximum Gasteiger partial charge on any atom is 0.166 e. The van der Waals surface area contributed by atoms with E-state index >= 15 is 0 Å². The lowest BCUT2D eigenvalue weighted by atomic mass is 9.96. The first-order valence-electron chi connectivity index (χ1n) is 21.7. The van der Waals surface area contributed by atoms with Crippen molar-refractivity contribution in [2.45, 2.75) is 0 Å². The van der Waals surface area contributed by atoms with Crippen LogP contribution in [0.25, 0.3) is 137 Å². The second kappa shape index (κ2) is 13.4. The van der Waals surface area contributed by atoms with Gasteiger partial charge in [0.05, 0.1) is 11.0 Å². The van der Waals surface area contributed by atoms with Crippen LogP contribution in [-0.2, 0) is 0 Å². The van der Waals surface area contributed by atoms with Gasteiger partial charge in [-0.25, -0.2) is 15.0 Å². The summed E-state index contributed by atoms with van der Waals surface area (Å²) in [7, 11) is 0. The topological polar surface area (TPSA) is 56.7 Å². The maximum absolute atomic E-state index is 7.00. The van der Waals surface area contributed by atoms with Gasteiger partial charge < -0.3 is 8.98 Å². The van der Waals surface area contributed by atoms with E-state index in [2.05, 4.69) is 199 Å². The van der Waals surface area contributed by atoms with E-state index in [-0.39, 0.29) is 0 Å². The molecule has 0 fully saturated rings. The zero-order valence-corrected chi connectivity index (χ0v) is 34.3. The number of aromatic nitrogens is 4. The number of fused-ring (bicyclic) bond motifs is 13. The Kier molecular flexibility index (Phi) is 7.33. The molecule has 0 radical (unpaired) electrons. The fourth-order valence-electron chi connectivity index (χ4n) is 10.3. The Morgan fingerprint density at radius 1 is 0.297 bits per heavy atom. The number of nitrogens with zero attached hydrogens (tertiary/aromatic N) is 4. The van der Waals surface area contributed by atoms with Crippen LogP contribution < -0.4 is 0 Å². The third kappa shape index (κ3) is 5.09. The zero-order chi connectivity index (χ0) is 41.9. The largest absolute Gasteiger partial charge is 0.454 e. The summed E-state index contributed by atoms with van der Waals surface area (Å²) in [6.07, 6.45) is 0. The molecule has 64 heavy (non-hydrogen) atoms. The molecule has 0 spiro atoms. The van der Waals surface area contributed by atoms with Gasteiger partial charge in [-0.3, -0.25) is 0 Å². The van der Waals surface area contributed by atoms with Gasteiger partial charge in [-0.15, -0.1) is 0 Å². The number of hydrogen-bond donors (Lipinski definition) is 0. The van der Waals surface area contributed by atoms with Crippen molar-refractivity contribution in [3.05, 3.63) is 206 Å². The molecule has 0 atom stereocenters. The molecule has 0 bridgehead atoms. The van der Waals surface area contributed by atoms with Gasteiger partial charge in [0.15, 0.2) is 23.1 Å². The SMILES string of the molecule is c1ccc2cc3c(cc2c1)c1ccccc1n3-c1c(-c2nc(-c3cc4ccccc4c4ccccc34)nc(-c3cc4ccccc4c4ccccc34)n2)ccc2c1oc1ccccc12. The molecule has 14 aromatic rings. The molecule has 0 amide bonds. The van der Waals surface area contributed by atoms with Crippen molar-refractivity contribution >= 4 is 97.6 Å². The fraction of sp³-hybridized carbons (Fsp3) is 0. The molecule has 0 N–H and O–H groups in total. The van der Waals surface area contributed by atoms with E-state index in [0.29, 0.717) is 17.5 Å².